The van der Waals surface area contributed by atoms with Crippen molar-refractivity contribution in [3.05, 3.63) is 22.0 Å². The zero-order valence-corrected chi connectivity index (χ0v) is 5.70. The zero-order chi connectivity index (χ0) is 9.30. The monoisotopic (exact) mass is 170 g/mol. The number of carboxylic acids is 1. The first-order chi connectivity index (χ1) is 5.52. The van der Waals surface area contributed by atoms with Crippen LogP contribution >= 0.6 is 0 Å². The third-order valence-electron chi connectivity index (χ3n) is 1.20. The molecule has 0 saturated heterocycles. The molecule has 0 aliphatic heterocycles. The predicted molar refractivity (Wildman–Crippen MR) is 35.1 cm³/mol. The Balaban J connectivity index is 3.48. The Kier molecular flexibility index (Phi) is 1.74. The molecule has 0 atom stereocenters. The Morgan fingerprint density at radius 1 is 1.58 bits per heavy atom. The van der Waals surface area contributed by atoms with E-state index < -0.39 is 28.7 Å². The molecular weight excluding hydrogens is 166 g/mol. The lowest BCUT2D eigenvalue weighted by atomic mass is 10.2. The standard InChI is InChI=1S/C6H5NO5/c8-3-1-2(6(11)12)4(9)5(10)7-3/h1,9H,(H,11,12)(H2,7,8,10)/p-1. The van der Waals surface area contributed by atoms with Gasteiger partial charge in [-0.2, -0.15) is 0 Å². The smallest absolute Gasteiger partial charge is 0.335 e. The van der Waals surface area contributed by atoms with E-state index in [2.05, 4.69) is 0 Å². The average Bonchev–Trinajstić information content (AvgIpc) is 1.96. The molecule has 0 fully saturated rings. The van der Waals surface area contributed by atoms with Crippen LogP contribution in [0.3, 0.4) is 0 Å². The highest BCUT2D eigenvalue weighted by molar-refractivity contribution is 5.90. The van der Waals surface area contributed by atoms with Crippen molar-refractivity contribution in [3.8, 4) is 11.6 Å². The van der Waals surface area contributed by atoms with Gasteiger partial charge in [-0.05, 0) is 5.75 Å². The highest BCUT2D eigenvalue weighted by atomic mass is 16.4. The summed E-state index contributed by atoms with van der Waals surface area (Å²) in [5.41, 5.74) is -1.89. The van der Waals surface area contributed by atoms with Crippen LogP contribution in [-0.2, 0) is 0 Å². The first-order valence-corrected chi connectivity index (χ1v) is 2.89. The average molecular weight is 170 g/mol. The van der Waals surface area contributed by atoms with Gasteiger partial charge in [0, 0.05) is 6.07 Å². The van der Waals surface area contributed by atoms with Crippen LogP contribution in [0.15, 0.2) is 10.9 Å². The van der Waals surface area contributed by atoms with Gasteiger partial charge in [0.25, 0.3) is 0 Å². The molecule has 0 bridgehead atoms. The molecule has 64 valence electrons. The minimum absolute atomic E-state index is 0.642. The summed E-state index contributed by atoms with van der Waals surface area (Å²) in [4.78, 5) is 22.6. The van der Waals surface area contributed by atoms with Crippen molar-refractivity contribution in [2.24, 2.45) is 0 Å². The molecule has 0 aliphatic rings. The summed E-state index contributed by atoms with van der Waals surface area (Å²) in [7, 11) is 0. The van der Waals surface area contributed by atoms with Gasteiger partial charge >= 0.3 is 5.97 Å². The van der Waals surface area contributed by atoms with Crippen LogP contribution in [0.4, 0.5) is 0 Å². The molecule has 0 unspecified atom stereocenters. The van der Waals surface area contributed by atoms with Crippen molar-refractivity contribution in [1.29, 1.82) is 0 Å². The molecule has 12 heavy (non-hydrogen) atoms. The number of aromatic carboxylic acids is 1. The molecule has 1 rings (SSSR count). The second-order valence-electron chi connectivity index (χ2n) is 2.03. The SMILES string of the molecule is O=C(O)c1cc(O)[nH]c(=O)c1[O-]. The van der Waals surface area contributed by atoms with Gasteiger partial charge in [-0.25, -0.2) is 4.79 Å². The van der Waals surface area contributed by atoms with E-state index in [0.717, 1.165) is 0 Å². The summed E-state index contributed by atoms with van der Waals surface area (Å²) < 4.78 is 0. The minimum Gasteiger partial charge on any atom is -0.868 e. The van der Waals surface area contributed by atoms with Gasteiger partial charge in [0.05, 0.1) is 5.56 Å². The second kappa shape index (κ2) is 2.57. The molecule has 0 saturated carbocycles. The van der Waals surface area contributed by atoms with Gasteiger partial charge in [-0.15, -0.1) is 0 Å². The van der Waals surface area contributed by atoms with Crippen LogP contribution in [0.5, 0.6) is 11.6 Å². The van der Waals surface area contributed by atoms with E-state index >= 15 is 0 Å². The first kappa shape index (κ1) is 8.12. The maximum absolute atomic E-state index is 10.7. The van der Waals surface area contributed by atoms with Crippen molar-refractivity contribution in [2.75, 3.05) is 0 Å². The second-order valence-corrected chi connectivity index (χ2v) is 2.03. The number of rotatable bonds is 1. The molecule has 1 aromatic rings. The van der Waals surface area contributed by atoms with Crippen molar-refractivity contribution in [3.63, 3.8) is 0 Å². The molecule has 3 N–H and O–H groups in total. The number of H-pyrrole nitrogens is 1. The van der Waals surface area contributed by atoms with E-state index in [4.69, 9.17) is 10.2 Å². The fourth-order valence-electron chi connectivity index (χ4n) is 0.693. The van der Waals surface area contributed by atoms with Gasteiger partial charge in [0.15, 0.2) is 5.88 Å². The van der Waals surface area contributed by atoms with Crippen molar-refractivity contribution >= 4 is 5.97 Å². The number of aromatic nitrogens is 1. The Bertz CT molecular complexity index is 380. The van der Waals surface area contributed by atoms with Crippen molar-refractivity contribution in [1.82, 2.24) is 4.98 Å². The number of carbonyl (C=O) groups is 1. The highest BCUT2D eigenvalue weighted by Gasteiger charge is 2.07. The molecule has 0 spiro atoms. The fraction of sp³-hybridized carbons (Fsp3) is 0. The van der Waals surface area contributed by atoms with Gasteiger partial charge < -0.3 is 15.3 Å². The van der Waals surface area contributed by atoms with Gasteiger partial charge in [-0.3, -0.25) is 9.78 Å². The van der Waals surface area contributed by atoms with Crippen molar-refractivity contribution < 1.29 is 20.1 Å². The molecule has 0 amide bonds. The Labute approximate surface area is 65.7 Å². The summed E-state index contributed by atoms with van der Waals surface area (Å²) in [5.74, 6) is -3.35. The maximum atomic E-state index is 10.7. The topological polar surface area (TPSA) is 113 Å². The molecule has 6 heteroatoms. The zero-order valence-electron chi connectivity index (χ0n) is 5.70. The molecule has 0 aromatic carbocycles. The van der Waals surface area contributed by atoms with E-state index in [1.807, 2.05) is 0 Å². The molecular formula is C6H4NO5-. The Hall–Kier alpha value is -1.98. The minimum atomic E-state index is -1.54. The van der Waals surface area contributed by atoms with Crippen LogP contribution in [0.25, 0.3) is 0 Å². The molecule has 1 aromatic heterocycles. The van der Waals surface area contributed by atoms with E-state index in [0.29, 0.717) is 6.07 Å². The van der Waals surface area contributed by atoms with E-state index in [-0.39, 0.29) is 0 Å². The van der Waals surface area contributed by atoms with Crippen LogP contribution < -0.4 is 10.7 Å². The van der Waals surface area contributed by atoms with Crippen molar-refractivity contribution in [2.45, 2.75) is 0 Å². The normalized spacial score (nSPS) is 9.67. The summed E-state index contributed by atoms with van der Waals surface area (Å²) in [5, 5.41) is 27.8. The number of nitrogens with one attached hydrogen (secondary N) is 1. The first-order valence-electron chi connectivity index (χ1n) is 2.89. The lowest BCUT2D eigenvalue weighted by molar-refractivity contribution is -0.271. The number of aromatic hydroxyl groups is 1. The Morgan fingerprint density at radius 2 is 2.17 bits per heavy atom. The van der Waals surface area contributed by atoms with Gasteiger partial charge in [0.1, 0.15) is 0 Å². The number of aromatic amines is 1. The van der Waals surface area contributed by atoms with E-state index in [1.54, 1.807) is 4.98 Å². The molecule has 0 radical (unpaired) electrons. The Morgan fingerprint density at radius 3 is 2.67 bits per heavy atom. The van der Waals surface area contributed by atoms with Crippen LogP contribution in [0.1, 0.15) is 10.4 Å². The van der Waals surface area contributed by atoms with E-state index in [1.165, 1.54) is 0 Å². The number of pyridine rings is 1. The highest BCUT2D eigenvalue weighted by Crippen LogP contribution is 2.11. The largest absolute Gasteiger partial charge is 0.868 e. The third-order valence-corrected chi connectivity index (χ3v) is 1.20. The number of hydrogen-bond acceptors (Lipinski definition) is 4. The molecule has 0 aliphatic carbocycles. The maximum Gasteiger partial charge on any atom is 0.335 e. The lowest BCUT2D eigenvalue weighted by Crippen LogP contribution is -2.17. The van der Waals surface area contributed by atoms with Crippen LogP contribution in [0.2, 0.25) is 0 Å². The van der Waals surface area contributed by atoms with Gasteiger partial charge in [-0.1, -0.05) is 0 Å². The van der Waals surface area contributed by atoms with Crippen LogP contribution in [-0.4, -0.2) is 21.2 Å². The summed E-state index contributed by atoms with van der Waals surface area (Å²) in [6, 6.07) is 0.687. The van der Waals surface area contributed by atoms with Crippen LogP contribution in [0, 0.1) is 0 Å². The fourth-order valence-corrected chi connectivity index (χ4v) is 0.693. The molecule has 6 nitrogen and oxygen atoms in total. The third kappa shape index (κ3) is 1.22. The predicted octanol–water partition coefficient (Wildman–Crippen LogP) is -1.15. The van der Waals surface area contributed by atoms with E-state index in [9.17, 15) is 14.7 Å². The lowest BCUT2D eigenvalue weighted by Gasteiger charge is -2.07. The number of hydrogen-bond donors (Lipinski definition) is 3. The summed E-state index contributed by atoms with van der Waals surface area (Å²) >= 11 is 0. The molecule has 1 heterocycles. The van der Waals surface area contributed by atoms with Gasteiger partial charge in [0.2, 0.25) is 5.56 Å². The summed E-state index contributed by atoms with van der Waals surface area (Å²) in [6.07, 6.45) is 0. The number of carboxylic acid groups (broad SMARTS) is 1. The quantitative estimate of drug-likeness (QED) is 0.492. The summed E-state index contributed by atoms with van der Waals surface area (Å²) in [6.45, 7) is 0.